The largest absolute Gasteiger partial charge is 0.462 e. The number of esters is 1. The van der Waals surface area contributed by atoms with Crippen LogP contribution in [0.5, 0.6) is 0 Å². The van der Waals surface area contributed by atoms with Crippen LogP contribution in [0.15, 0.2) is 51.4 Å². The smallest absolute Gasteiger partial charge is 0.343 e. The number of nitrogens with one attached hydrogen (secondary N) is 1. The molecule has 0 saturated carbocycles. The van der Waals surface area contributed by atoms with Gasteiger partial charge in [-0.3, -0.25) is 18.8 Å². The highest BCUT2D eigenvalue weighted by Gasteiger charge is 2.26. The molecule has 1 N–H and O–H groups in total. The van der Waals surface area contributed by atoms with Crippen molar-refractivity contribution in [3.8, 4) is 11.1 Å². The zero-order valence-electron chi connectivity index (χ0n) is 18.7. The van der Waals surface area contributed by atoms with E-state index in [-0.39, 0.29) is 23.5 Å². The molecule has 0 aliphatic heterocycles. The number of hydrogen-bond donors (Lipinski definition) is 1. The van der Waals surface area contributed by atoms with E-state index in [0.29, 0.717) is 16.6 Å². The molecule has 0 fully saturated rings. The number of anilines is 1. The van der Waals surface area contributed by atoms with Crippen molar-refractivity contribution in [3.05, 3.63) is 62.6 Å². The Hall–Kier alpha value is -3.31. The van der Waals surface area contributed by atoms with Crippen molar-refractivity contribution in [1.29, 1.82) is 0 Å². The molecule has 34 heavy (non-hydrogen) atoms. The zero-order valence-corrected chi connectivity index (χ0v) is 21.1. The molecule has 3 aromatic heterocycles. The molecule has 0 aliphatic rings. The second kappa shape index (κ2) is 9.90. The molecule has 4 rings (SSSR count). The first-order valence-electron chi connectivity index (χ1n) is 10.6. The number of rotatable bonds is 7. The molecule has 0 spiro atoms. The minimum atomic E-state index is -0.841. The minimum Gasteiger partial charge on any atom is -0.462 e. The van der Waals surface area contributed by atoms with Gasteiger partial charge in [0.05, 0.1) is 24.5 Å². The molecule has 9 nitrogen and oxygen atoms in total. The van der Waals surface area contributed by atoms with Gasteiger partial charge in [0, 0.05) is 22.5 Å². The molecule has 176 valence electrons. The number of ether oxygens (including phenoxy) is 1. The van der Waals surface area contributed by atoms with Gasteiger partial charge in [0.2, 0.25) is 5.91 Å². The van der Waals surface area contributed by atoms with Gasteiger partial charge in [0.1, 0.15) is 22.3 Å². The van der Waals surface area contributed by atoms with Crippen LogP contribution in [0.25, 0.3) is 21.3 Å². The van der Waals surface area contributed by atoms with Crippen LogP contribution in [0.1, 0.15) is 36.7 Å². The number of amides is 1. The van der Waals surface area contributed by atoms with Gasteiger partial charge in [-0.15, -0.1) is 11.3 Å². The molecule has 4 aromatic rings. The molecule has 1 amide bonds. The van der Waals surface area contributed by atoms with Crippen molar-refractivity contribution in [2.45, 2.75) is 26.3 Å². The average Bonchev–Trinajstić information content (AvgIpc) is 3.41. The van der Waals surface area contributed by atoms with E-state index in [2.05, 4.69) is 31.3 Å². The molecule has 1 atom stereocenters. The summed E-state index contributed by atoms with van der Waals surface area (Å²) in [5.41, 5.74) is 1.49. The van der Waals surface area contributed by atoms with Crippen LogP contribution in [0.4, 0.5) is 5.82 Å². The lowest BCUT2D eigenvalue weighted by Gasteiger charge is -2.18. The standard InChI is InChI=1S/C23H22BrN5O4S/c1-4-17(20(30)27-19-15(10-26-28(19)3)23(32)33-5-2)29-12-25-21-18(22(29)31)16(11-34-21)13-6-8-14(24)9-7-13/h6-12,17H,4-5H2,1-3H3,(H,27,30). The molecule has 0 aliphatic carbocycles. The summed E-state index contributed by atoms with van der Waals surface area (Å²) in [5.74, 6) is -0.841. The van der Waals surface area contributed by atoms with Crippen molar-refractivity contribution in [2.24, 2.45) is 7.05 Å². The van der Waals surface area contributed by atoms with Crippen molar-refractivity contribution in [2.75, 3.05) is 11.9 Å². The van der Waals surface area contributed by atoms with E-state index in [4.69, 9.17) is 4.74 Å². The Kier molecular flexibility index (Phi) is 6.94. The van der Waals surface area contributed by atoms with Crippen LogP contribution in [0, 0.1) is 0 Å². The third-order valence-corrected chi connectivity index (χ3v) is 6.79. The lowest BCUT2D eigenvalue weighted by Crippen LogP contribution is -2.34. The molecular weight excluding hydrogens is 522 g/mol. The molecule has 0 bridgehead atoms. The monoisotopic (exact) mass is 543 g/mol. The predicted octanol–water partition coefficient (Wildman–Crippen LogP) is 4.39. The number of nitrogens with zero attached hydrogens (tertiary/aromatic N) is 4. The van der Waals surface area contributed by atoms with Gasteiger partial charge in [0.15, 0.2) is 0 Å². The SMILES string of the molecule is CCOC(=O)c1cnn(C)c1NC(=O)C(CC)n1cnc2scc(-c3ccc(Br)cc3)c2c1=O. The van der Waals surface area contributed by atoms with Crippen LogP contribution >= 0.6 is 27.3 Å². The van der Waals surface area contributed by atoms with Crippen LogP contribution in [0.2, 0.25) is 0 Å². The van der Waals surface area contributed by atoms with E-state index in [1.807, 2.05) is 29.6 Å². The van der Waals surface area contributed by atoms with Crippen molar-refractivity contribution in [3.63, 3.8) is 0 Å². The molecule has 3 heterocycles. The highest BCUT2D eigenvalue weighted by Crippen LogP contribution is 2.32. The van der Waals surface area contributed by atoms with Crippen LogP contribution in [-0.2, 0) is 16.6 Å². The summed E-state index contributed by atoms with van der Waals surface area (Å²) in [5, 5.41) is 9.16. The Balaban J connectivity index is 1.72. The molecule has 0 saturated heterocycles. The van der Waals surface area contributed by atoms with Gasteiger partial charge in [-0.2, -0.15) is 5.10 Å². The van der Waals surface area contributed by atoms with E-state index < -0.39 is 17.9 Å². The maximum Gasteiger partial charge on any atom is 0.343 e. The van der Waals surface area contributed by atoms with E-state index in [1.54, 1.807) is 20.9 Å². The fraction of sp³-hybridized carbons (Fsp3) is 0.261. The summed E-state index contributed by atoms with van der Waals surface area (Å²) in [6, 6.07) is 6.82. The van der Waals surface area contributed by atoms with Gasteiger partial charge < -0.3 is 10.1 Å². The van der Waals surface area contributed by atoms with Crippen molar-refractivity contribution in [1.82, 2.24) is 19.3 Å². The summed E-state index contributed by atoms with van der Waals surface area (Å²) in [6.45, 7) is 3.70. The quantitative estimate of drug-likeness (QED) is 0.346. The van der Waals surface area contributed by atoms with Crippen LogP contribution < -0.4 is 10.9 Å². The highest BCUT2D eigenvalue weighted by atomic mass is 79.9. The summed E-state index contributed by atoms with van der Waals surface area (Å²) in [6.07, 6.45) is 3.07. The number of carbonyl (C=O) groups is 2. The molecule has 0 radical (unpaired) electrons. The lowest BCUT2D eigenvalue weighted by atomic mass is 10.1. The van der Waals surface area contributed by atoms with E-state index in [1.165, 1.54) is 33.1 Å². The fourth-order valence-corrected chi connectivity index (χ4v) is 4.83. The summed E-state index contributed by atoms with van der Waals surface area (Å²) in [4.78, 5) is 44.1. The van der Waals surface area contributed by atoms with Gasteiger partial charge in [-0.1, -0.05) is 35.0 Å². The molecule has 1 unspecified atom stereocenters. The Morgan fingerprint density at radius 1 is 1.24 bits per heavy atom. The van der Waals surface area contributed by atoms with Gasteiger partial charge >= 0.3 is 5.97 Å². The topological polar surface area (TPSA) is 108 Å². The number of fused-ring (bicyclic) bond motifs is 1. The van der Waals surface area contributed by atoms with Crippen LogP contribution in [0.3, 0.4) is 0 Å². The fourth-order valence-electron chi connectivity index (χ4n) is 3.66. The first kappa shape index (κ1) is 23.8. The Labute approximate surface area is 207 Å². The van der Waals surface area contributed by atoms with E-state index in [0.717, 1.165) is 15.6 Å². The van der Waals surface area contributed by atoms with Gasteiger partial charge in [-0.05, 0) is 31.0 Å². The minimum absolute atomic E-state index is 0.142. The predicted molar refractivity (Wildman–Crippen MR) is 134 cm³/mol. The third kappa shape index (κ3) is 4.40. The maximum absolute atomic E-state index is 13.5. The highest BCUT2D eigenvalue weighted by molar-refractivity contribution is 9.10. The normalized spacial score (nSPS) is 12.0. The Morgan fingerprint density at radius 3 is 2.65 bits per heavy atom. The zero-order chi connectivity index (χ0) is 24.4. The number of benzene rings is 1. The van der Waals surface area contributed by atoms with Crippen molar-refractivity contribution >= 4 is 55.2 Å². The maximum atomic E-state index is 13.5. The number of thiophene rings is 1. The Morgan fingerprint density at radius 2 is 1.97 bits per heavy atom. The summed E-state index contributed by atoms with van der Waals surface area (Å²) >= 11 is 4.80. The number of aromatic nitrogens is 4. The summed E-state index contributed by atoms with van der Waals surface area (Å²) in [7, 11) is 1.61. The first-order valence-corrected chi connectivity index (χ1v) is 12.3. The molecular formula is C23H22BrN5O4S. The first-order chi connectivity index (χ1) is 16.3. The Bertz CT molecular complexity index is 1420. The van der Waals surface area contributed by atoms with E-state index >= 15 is 0 Å². The van der Waals surface area contributed by atoms with Crippen LogP contribution in [-0.4, -0.2) is 37.8 Å². The lowest BCUT2D eigenvalue weighted by molar-refractivity contribution is -0.119. The number of hydrogen-bond acceptors (Lipinski definition) is 7. The number of halogens is 1. The number of aryl methyl sites for hydroxylation is 1. The third-order valence-electron chi connectivity index (χ3n) is 5.38. The second-order valence-corrected chi connectivity index (χ2v) is 9.23. The molecule has 1 aromatic carbocycles. The summed E-state index contributed by atoms with van der Waals surface area (Å²) < 4.78 is 8.70. The molecule has 11 heteroatoms. The van der Waals surface area contributed by atoms with Crippen molar-refractivity contribution < 1.29 is 14.3 Å². The average molecular weight is 544 g/mol. The van der Waals surface area contributed by atoms with E-state index in [9.17, 15) is 14.4 Å². The number of carbonyl (C=O) groups excluding carboxylic acids is 2. The van der Waals surface area contributed by atoms with Gasteiger partial charge in [0.25, 0.3) is 5.56 Å². The van der Waals surface area contributed by atoms with Gasteiger partial charge in [-0.25, -0.2) is 9.78 Å². The second-order valence-electron chi connectivity index (χ2n) is 7.46.